The molecule has 0 spiro atoms. The Labute approximate surface area is 115 Å². The average Bonchev–Trinajstić information content (AvgIpc) is 2.83. The summed E-state index contributed by atoms with van der Waals surface area (Å²) >= 11 is 0. The van der Waals surface area contributed by atoms with Gasteiger partial charge in [0.15, 0.2) is 0 Å². The van der Waals surface area contributed by atoms with E-state index in [0.717, 1.165) is 5.56 Å². The first-order chi connectivity index (χ1) is 9.47. The van der Waals surface area contributed by atoms with Crippen molar-refractivity contribution in [3.8, 4) is 0 Å². The molecule has 0 unspecified atom stereocenters. The van der Waals surface area contributed by atoms with Gasteiger partial charge >= 0.3 is 5.97 Å². The fourth-order valence-corrected chi connectivity index (χ4v) is 1.77. The highest BCUT2D eigenvalue weighted by Gasteiger charge is 2.14. The van der Waals surface area contributed by atoms with Crippen LogP contribution < -0.4 is 0 Å². The molecular weight excluding hydrogens is 260 g/mol. The second-order valence-corrected chi connectivity index (χ2v) is 4.42. The van der Waals surface area contributed by atoms with Crippen molar-refractivity contribution in [2.75, 3.05) is 7.05 Å². The largest absolute Gasteiger partial charge is 0.477 e. The third-order valence-corrected chi connectivity index (χ3v) is 2.75. The van der Waals surface area contributed by atoms with E-state index in [4.69, 9.17) is 5.11 Å². The summed E-state index contributed by atoms with van der Waals surface area (Å²) in [6.07, 6.45) is 4.79. The molecule has 0 bridgehead atoms. The van der Waals surface area contributed by atoms with Crippen molar-refractivity contribution in [3.63, 3.8) is 0 Å². The van der Waals surface area contributed by atoms with Crippen LogP contribution in [0.4, 0.5) is 0 Å². The predicted molar refractivity (Wildman–Crippen MR) is 70.2 cm³/mol. The molecule has 0 fully saturated rings. The monoisotopic (exact) mass is 274 g/mol. The van der Waals surface area contributed by atoms with E-state index in [2.05, 4.69) is 10.1 Å². The van der Waals surface area contributed by atoms with Gasteiger partial charge in [0.2, 0.25) is 0 Å². The molecule has 0 aromatic carbocycles. The summed E-state index contributed by atoms with van der Waals surface area (Å²) in [4.78, 5) is 28.1. The molecular formula is C13H14N4O3. The van der Waals surface area contributed by atoms with Crippen LogP contribution in [0.5, 0.6) is 0 Å². The number of nitrogens with zero attached hydrogens (tertiary/aromatic N) is 4. The maximum absolute atomic E-state index is 12.1. The zero-order chi connectivity index (χ0) is 14.7. The molecule has 0 atom stereocenters. The summed E-state index contributed by atoms with van der Waals surface area (Å²) < 4.78 is 1.66. The van der Waals surface area contributed by atoms with Crippen LogP contribution in [0.25, 0.3) is 0 Å². The van der Waals surface area contributed by atoms with Gasteiger partial charge in [0, 0.05) is 38.6 Å². The van der Waals surface area contributed by atoms with Gasteiger partial charge in [-0.3, -0.25) is 9.48 Å². The average molecular weight is 274 g/mol. The maximum atomic E-state index is 12.1. The van der Waals surface area contributed by atoms with Crippen LogP contribution >= 0.6 is 0 Å². The molecule has 7 nitrogen and oxygen atoms in total. The first-order valence-electron chi connectivity index (χ1n) is 5.89. The van der Waals surface area contributed by atoms with Crippen LogP contribution in [-0.4, -0.2) is 43.7 Å². The smallest absolute Gasteiger partial charge is 0.354 e. The summed E-state index contributed by atoms with van der Waals surface area (Å²) in [6, 6.07) is 2.77. The van der Waals surface area contributed by atoms with Crippen LogP contribution in [0.1, 0.15) is 26.4 Å². The standard InChI is InChI=1S/C13H14N4O3/c1-16(7-9-5-15-17(2)8-9)12(18)10-3-4-11(13(19)20)14-6-10/h3-6,8H,7H2,1-2H3,(H,19,20). The molecule has 1 N–H and O–H groups in total. The quantitative estimate of drug-likeness (QED) is 0.890. The van der Waals surface area contributed by atoms with Gasteiger partial charge in [-0.1, -0.05) is 0 Å². The Balaban J connectivity index is 2.08. The normalized spacial score (nSPS) is 10.3. The summed E-state index contributed by atoms with van der Waals surface area (Å²) in [5.41, 5.74) is 1.18. The molecule has 20 heavy (non-hydrogen) atoms. The maximum Gasteiger partial charge on any atom is 0.354 e. The molecule has 0 aliphatic carbocycles. The van der Waals surface area contributed by atoms with Crippen LogP contribution in [0.3, 0.4) is 0 Å². The third-order valence-electron chi connectivity index (χ3n) is 2.75. The Hall–Kier alpha value is -2.70. The molecule has 2 heterocycles. The van der Waals surface area contributed by atoms with Crippen molar-refractivity contribution < 1.29 is 14.7 Å². The van der Waals surface area contributed by atoms with Gasteiger partial charge in [0.05, 0.1) is 11.8 Å². The van der Waals surface area contributed by atoms with E-state index in [1.807, 2.05) is 6.20 Å². The highest BCUT2D eigenvalue weighted by atomic mass is 16.4. The molecule has 0 saturated heterocycles. The van der Waals surface area contributed by atoms with Crippen LogP contribution in [0, 0.1) is 0 Å². The zero-order valence-electron chi connectivity index (χ0n) is 11.1. The molecule has 2 aromatic rings. The van der Waals surface area contributed by atoms with Gasteiger partial charge in [0.1, 0.15) is 5.69 Å². The lowest BCUT2D eigenvalue weighted by Crippen LogP contribution is -2.26. The van der Waals surface area contributed by atoms with E-state index in [1.54, 1.807) is 25.0 Å². The van der Waals surface area contributed by atoms with Gasteiger partial charge in [0.25, 0.3) is 5.91 Å². The van der Waals surface area contributed by atoms with Crippen molar-refractivity contribution in [1.29, 1.82) is 0 Å². The number of rotatable bonds is 4. The highest BCUT2D eigenvalue weighted by molar-refractivity contribution is 5.94. The number of hydrogen-bond donors (Lipinski definition) is 1. The highest BCUT2D eigenvalue weighted by Crippen LogP contribution is 2.08. The number of aromatic nitrogens is 3. The number of pyridine rings is 1. The number of carboxylic acids is 1. The Kier molecular flexibility index (Phi) is 3.79. The fraction of sp³-hybridized carbons (Fsp3) is 0.231. The minimum Gasteiger partial charge on any atom is -0.477 e. The Morgan fingerprint density at radius 2 is 2.10 bits per heavy atom. The topological polar surface area (TPSA) is 88.3 Å². The summed E-state index contributed by atoms with van der Waals surface area (Å²) in [5.74, 6) is -1.34. The van der Waals surface area contributed by atoms with Crippen LogP contribution in [0.15, 0.2) is 30.7 Å². The van der Waals surface area contributed by atoms with Crippen LogP contribution in [-0.2, 0) is 13.6 Å². The van der Waals surface area contributed by atoms with Gasteiger partial charge in [-0.25, -0.2) is 9.78 Å². The van der Waals surface area contributed by atoms with E-state index >= 15 is 0 Å². The van der Waals surface area contributed by atoms with Gasteiger partial charge in [-0.15, -0.1) is 0 Å². The SMILES string of the molecule is CN(Cc1cnn(C)c1)C(=O)c1ccc(C(=O)O)nc1. The number of aromatic carboxylic acids is 1. The zero-order valence-corrected chi connectivity index (χ0v) is 11.1. The van der Waals surface area contributed by atoms with Crippen molar-refractivity contribution >= 4 is 11.9 Å². The molecule has 0 radical (unpaired) electrons. The molecule has 0 aliphatic rings. The number of carbonyl (C=O) groups excluding carboxylic acids is 1. The number of carboxylic acid groups (broad SMARTS) is 1. The van der Waals surface area contributed by atoms with Crippen molar-refractivity contribution in [3.05, 3.63) is 47.5 Å². The molecule has 2 aromatic heterocycles. The lowest BCUT2D eigenvalue weighted by molar-refractivity contribution is 0.0688. The molecule has 7 heteroatoms. The molecule has 1 amide bonds. The number of aryl methyl sites for hydroxylation is 1. The molecule has 2 rings (SSSR count). The van der Waals surface area contributed by atoms with E-state index in [-0.39, 0.29) is 11.6 Å². The van der Waals surface area contributed by atoms with Gasteiger partial charge in [-0.2, -0.15) is 5.10 Å². The molecule has 0 saturated carbocycles. The Bertz CT molecular complexity index is 633. The summed E-state index contributed by atoms with van der Waals surface area (Å²) in [5, 5.41) is 12.8. The van der Waals surface area contributed by atoms with E-state index in [9.17, 15) is 9.59 Å². The van der Waals surface area contributed by atoms with E-state index in [0.29, 0.717) is 12.1 Å². The van der Waals surface area contributed by atoms with Gasteiger partial charge in [-0.05, 0) is 12.1 Å². The van der Waals surface area contributed by atoms with Gasteiger partial charge < -0.3 is 10.0 Å². The molecule has 0 aliphatic heterocycles. The van der Waals surface area contributed by atoms with Crippen molar-refractivity contribution in [2.24, 2.45) is 7.05 Å². The second-order valence-electron chi connectivity index (χ2n) is 4.42. The third kappa shape index (κ3) is 3.00. The number of hydrogen-bond acceptors (Lipinski definition) is 4. The Morgan fingerprint density at radius 3 is 2.60 bits per heavy atom. The van der Waals surface area contributed by atoms with Crippen LogP contribution in [0.2, 0.25) is 0 Å². The van der Waals surface area contributed by atoms with Crippen molar-refractivity contribution in [2.45, 2.75) is 6.54 Å². The summed E-state index contributed by atoms with van der Waals surface area (Å²) in [7, 11) is 3.47. The fourth-order valence-electron chi connectivity index (χ4n) is 1.77. The lowest BCUT2D eigenvalue weighted by atomic mass is 10.2. The number of amides is 1. The minimum atomic E-state index is -1.12. The molecule has 104 valence electrons. The minimum absolute atomic E-state index is 0.0866. The summed E-state index contributed by atoms with van der Waals surface area (Å²) in [6.45, 7) is 0.424. The first kappa shape index (κ1) is 13.7. The van der Waals surface area contributed by atoms with Crippen molar-refractivity contribution in [1.82, 2.24) is 19.7 Å². The predicted octanol–water partition coefficient (Wildman–Crippen LogP) is 0.786. The van der Waals surface area contributed by atoms with E-state index < -0.39 is 5.97 Å². The number of carbonyl (C=O) groups is 2. The lowest BCUT2D eigenvalue weighted by Gasteiger charge is -2.16. The van der Waals surface area contributed by atoms with E-state index in [1.165, 1.54) is 23.2 Å². The first-order valence-corrected chi connectivity index (χ1v) is 5.89. The Morgan fingerprint density at radius 1 is 1.35 bits per heavy atom. The second kappa shape index (κ2) is 5.52.